The maximum Gasteiger partial charge on any atom is 0.160 e. The monoisotopic (exact) mass is 228 g/mol. The highest BCUT2D eigenvalue weighted by Crippen LogP contribution is 2.16. The standard InChI is InChI=1S/C11H17ClOSi/c1-11(2,3)8-13-9-6-4-5-7-10(9)14-12/h4-7H,8,14H2,1-3H3. The lowest BCUT2D eigenvalue weighted by Gasteiger charge is -2.19. The molecule has 0 aliphatic heterocycles. The summed E-state index contributed by atoms with van der Waals surface area (Å²) in [4.78, 5) is 0. The first-order valence-corrected chi connectivity index (χ1v) is 7.64. The number of para-hydroxylation sites is 1. The molecule has 0 saturated heterocycles. The van der Waals surface area contributed by atoms with Gasteiger partial charge in [-0.25, -0.2) is 0 Å². The Balaban J connectivity index is 2.67. The van der Waals surface area contributed by atoms with Gasteiger partial charge in [-0.1, -0.05) is 39.0 Å². The van der Waals surface area contributed by atoms with Crippen LogP contribution in [-0.2, 0) is 0 Å². The van der Waals surface area contributed by atoms with E-state index in [-0.39, 0.29) is 5.41 Å². The van der Waals surface area contributed by atoms with Crippen molar-refractivity contribution in [2.24, 2.45) is 5.41 Å². The van der Waals surface area contributed by atoms with Gasteiger partial charge in [-0.3, -0.25) is 0 Å². The molecule has 0 radical (unpaired) electrons. The molecule has 78 valence electrons. The van der Waals surface area contributed by atoms with Gasteiger partial charge in [0.2, 0.25) is 0 Å². The van der Waals surface area contributed by atoms with E-state index < -0.39 is 8.83 Å². The third-order valence-corrected chi connectivity index (χ3v) is 3.51. The van der Waals surface area contributed by atoms with Crippen LogP contribution >= 0.6 is 11.1 Å². The average Bonchev–Trinajstić information content (AvgIpc) is 2.14. The van der Waals surface area contributed by atoms with Crippen molar-refractivity contribution in [1.29, 1.82) is 0 Å². The van der Waals surface area contributed by atoms with E-state index in [0.29, 0.717) is 0 Å². The van der Waals surface area contributed by atoms with Crippen LogP contribution in [0, 0.1) is 5.41 Å². The number of benzene rings is 1. The van der Waals surface area contributed by atoms with Crippen molar-refractivity contribution < 1.29 is 4.74 Å². The van der Waals surface area contributed by atoms with E-state index in [9.17, 15) is 0 Å². The molecule has 0 atom stereocenters. The van der Waals surface area contributed by atoms with Crippen molar-refractivity contribution in [3.8, 4) is 5.75 Å². The van der Waals surface area contributed by atoms with Crippen LogP contribution in [0.4, 0.5) is 0 Å². The Morgan fingerprint density at radius 3 is 2.50 bits per heavy atom. The topological polar surface area (TPSA) is 9.23 Å². The molecule has 1 aromatic rings. The molecule has 0 aromatic heterocycles. The van der Waals surface area contributed by atoms with Crippen LogP contribution in [0.2, 0.25) is 0 Å². The quantitative estimate of drug-likeness (QED) is 0.569. The molecule has 1 aromatic carbocycles. The maximum absolute atomic E-state index is 5.94. The van der Waals surface area contributed by atoms with Gasteiger partial charge in [-0.2, -0.15) is 11.1 Å². The third-order valence-electron chi connectivity index (χ3n) is 1.78. The number of hydrogen-bond acceptors (Lipinski definition) is 1. The highest BCUT2D eigenvalue weighted by Gasteiger charge is 2.12. The zero-order chi connectivity index (χ0) is 10.6. The predicted octanol–water partition coefficient (Wildman–Crippen LogP) is 2.06. The van der Waals surface area contributed by atoms with Crippen molar-refractivity contribution in [3.63, 3.8) is 0 Å². The molecule has 0 saturated carbocycles. The van der Waals surface area contributed by atoms with Crippen LogP contribution in [0.15, 0.2) is 24.3 Å². The minimum atomic E-state index is -0.655. The minimum Gasteiger partial charge on any atom is -0.493 e. The lowest BCUT2D eigenvalue weighted by molar-refractivity contribution is 0.199. The van der Waals surface area contributed by atoms with Gasteiger partial charge in [0, 0.05) is 0 Å². The lowest BCUT2D eigenvalue weighted by Crippen LogP contribution is -2.21. The molecule has 0 heterocycles. The molecule has 14 heavy (non-hydrogen) atoms. The van der Waals surface area contributed by atoms with E-state index in [2.05, 4.69) is 26.8 Å². The average molecular weight is 229 g/mol. The van der Waals surface area contributed by atoms with Gasteiger partial charge in [-0.05, 0) is 16.7 Å². The van der Waals surface area contributed by atoms with E-state index in [1.807, 2.05) is 18.2 Å². The van der Waals surface area contributed by atoms with Crippen LogP contribution in [-0.4, -0.2) is 15.4 Å². The molecule has 0 unspecified atom stereocenters. The minimum absolute atomic E-state index is 0.195. The van der Waals surface area contributed by atoms with E-state index in [0.717, 1.165) is 12.4 Å². The molecule has 0 spiro atoms. The summed E-state index contributed by atoms with van der Waals surface area (Å²) in [5.74, 6) is 0.962. The summed E-state index contributed by atoms with van der Waals surface area (Å²) in [6.45, 7) is 7.21. The van der Waals surface area contributed by atoms with Crippen molar-refractivity contribution in [2.75, 3.05) is 6.61 Å². The highest BCUT2D eigenvalue weighted by molar-refractivity contribution is 7.01. The number of ether oxygens (including phenoxy) is 1. The molecule has 0 aliphatic rings. The number of halogens is 1. The highest BCUT2D eigenvalue weighted by atomic mass is 35.6. The van der Waals surface area contributed by atoms with Gasteiger partial charge in [0.25, 0.3) is 0 Å². The van der Waals surface area contributed by atoms with Crippen molar-refractivity contribution in [2.45, 2.75) is 20.8 Å². The van der Waals surface area contributed by atoms with Gasteiger partial charge in [0.05, 0.1) is 6.61 Å². The molecule has 0 fully saturated rings. The summed E-state index contributed by atoms with van der Waals surface area (Å²) in [5, 5.41) is 1.19. The largest absolute Gasteiger partial charge is 0.493 e. The van der Waals surface area contributed by atoms with Gasteiger partial charge in [0.15, 0.2) is 8.83 Å². The Bertz CT molecular complexity index is 294. The molecular weight excluding hydrogens is 212 g/mol. The van der Waals surface area contributed by atoms with E-state index in [1.165, 1.54) is 5.19 Å². The third kappa shape index (κ3) is 3.72. The van der Waals surface area contributed by atoms with Crippen LogP contribution in [0.5, 0.6) is 5.75 Å². The van der Waals surface area contributed by atoms with Crippen LogP contribution in [0.25, 0.3) is 0 Å². The van der Waals surface area contributed by atoms with Crippen molar-refractivity contribution in [1.82, 2.24) is 0 Å². The van der Waals surface area contributed by atoms with Gasteiger partial charge < -0.3 is 4.74 Å². The Hall–Kier alpha value is -0.473. The summed E-state index contributed by atoms with van der Waals surface area (Å²) in [6, 6.07) is 8.05. The second kappa shape index (κ2) is 4.85. The lowest BCUT2D eigenvalue weighted by atomic mass is 9.99. The maximum atomic E-state index is 5.94. The molecule has 3 heteroatoms. The van der Waals surface area contributed by atoms with Crippen LogP contribution in [0.3, 0.4) is 0 Å². The summed E-state index contributed by atoms with van der Waals surface area (Å²) in [6.07, 6.45) is 0. The molecule has 0 N–H and O–H groups in total. The Morgan fingerprint density at radius 2 is 1.93 bits per heavy atom. The van der Waals surface area contributed by atoms with Gasteiger partial charge in [-0.15, -0.1) is 0 Å². The number of hydrogen-bond donors (Lipinski definition) is 0. The first-order valence-electron chi connectivity index (χ1n) is 4.79. The van der Waals surface area contributed by atoms with Crippen LogP contribution < -0.4 is 9.92 Å². The van der Waals surface area contributed by atoms with E-state index in [1.54, 1.807) is 0 Å². The van der Waals surface area contributed by atoms with Gasteiger partial charge in [0.1, 0.15) is 5.75 Å². The van der Waals surface area contributed by atoms with Crippen molar-refractivity contribution >= 4 is 25.1 Å². The fraction of sp³-hybridized carbons (Fsp3) is 0.455. The fourth-order valence-corrected chi connectivity index (χ4v) is 2.29. The van der Waals surface area contributed by atoms with Crippen LogP contribution in [0.1, 0.15) is 20.8 Å². The zero-order valence-corrected chi connectivity index (χ0v) is 11.2. The number of rotatable bonds is 3. The first kappa shape index (κ1) is 11.6. The second-order valence-electron chi connectivity index (χ2n) is 4.59. The second-order valence-corrected chi connectivity index (χ2v) is 6.42. The molecular formula is C11H17ClOSi. The van der Waals surface area contributed by atoms with Crippen molar-refractivity contribution in [3.05, 3.63) is 24.3 Å². The predicted molar refractivity (Wildman–Crippen MR) is 65.4 cm³/mol. The summed E-state index contributed by atoms with van der Waals surface area (Å²) < 4.78 is 5.74. The molecule has 0 aliphatic carbocycles. The summed E-state index contributed by atoms with van der Waals surface area (Å²) in [5.41, 5.74) is 0.195. The molecule has 0 bridgehead atoms. The summed E-state index contributed by atoms with van der Waals surface area (Å²) >= 11 is 5.94. The zero-order valence-electron chi connectivity index (χ0n) is 9.01. The fourth-order valence-electron chi connectivity index (χ4n) is 1.05. The summed E-state index contributed by atoms with van der Waals surface area (Å²) in [7, 11) is -0.655. The molecule has 1 rings (SSSR count). The first-order chi connectivity index (χ1) is 6.53. The Morgan fingerprint density at radius 1 is 1.29 bits per heavy atom. The molecule has 1 nitrogen and oxygen atoms in total. The normalized spacial score (nSPS) is 12.3. The Kier molecular flexibility index (Phi) is 4.02. The molecule has 0 amide bonds. The van der Waals surface area contributed by atoms with E-state index in [4.69, 9.17) is 15.8 Å². The SMILES string of the molecule is CC(C)(C)COc1ccccc1[SiH2]Cl. The smallest absolute Gasteiger partial charge is 0.160 e. The van der Waals surface area contributed by atoms with Gasteiger partial charge >= 0.3 is 0 Å². The Labute approximate surface area is 93.0 Å². The van der Waals surface area contributed by atoms with E-state index >= 15 is 0 Å².